The molecule has 0 aliphatic carbocycles. The Bertz CT molecular complexity index is 1070. The maximum absolute atomic E-state index is 8.45. The fraction of sp³-hybridized carbons (Fsp3) is 0.294. The molecule has 4 heteroatoms. The Morgan fingerprint density at radius 2 is 2.00 bits per heavy atom. The van der Waals surface area contributed by atoms with Gasteiger partial charge in [-0.1, -0.05) is 35.4 Å². The molecule has 110 valence electrons. The standard InChI is InChI=1S/C17H19ClN2S/c1-19(2)10-5-11-20-14-6-3-4-7-16(14)21-17-9-8-13(18)12-15(17)20/h3-4,6-9,12H,5,10-11H2,1-2H3/i1D3,2D3,3D,4D,6D,7D,8D,9D,12D. The van der Waals surface area contributed by atoms with E-state index in [1.807, 2.05) is 0 Å². The first-order valence-corrected chi connectivity index (χ1v) is 7.32. The van der Waals surface area contributed by atoms with Gasteiger partial charge in [0, 0.05) is 29.6 Å². The zero-order valence-electron chi connectivity index (χ0n) is 23.8. The predicted molar refractivity (Wildman–Crippen MR) is 92.2 cm³/mol. The van der Waals surface area contributed by atoms with Crippen LogP contribution >= 0.6 is 23.4 Å². The molecule has 0 spiro atoms. The zero-order chi connectivity index (χ0) is 25.9. The SMILES string of the molecule is [2H]c1c([2H])c([2H])c2c(c1[2H])Sc1c([2H])c([2H])c(Cl)c([2H])c1N2CCCN(C([2H])([2H])[2H])C([2H])([2H])[2H]. The molecule has 0 aromatic heterocycles. The Morgan fingerprint density at radius 1 is 1.19 bits per heavy atom. The van der Waals surface area contributed by atoms with E-state index in [1.165, 1.54) is 4.90 Å². The Kier molecular flexibility index (Phi) is 1.74. The van der Waals surface area contributed by atoms with Crippen LogP contribution in [0.1, 0.15) is 24.2 Å². The fourth-order valence-electron chi connectivity index (χ4n) is 2.01. The maximum Gasteiger partial charge on any atom is 0.0661 e. The van der Waals surface area contributed by atoms with E-state index >= 15 is 0 Å². The van der Waals surface area contributed by atoms with Crippen LogP contribution in [0.3, 0.4) is 0 Å². The minimum atomic E-state index is -2.90. The highest BCUT2D eigenvalue weighted by molar-refractivity contribution is 7.99. The van der Waals surface area contributed by atoms with Crippen LogP contribution in [0.4, 0.5) is 11.4 Å². The van der Waals surface area contributed by atoms with E-state index < -0.39 is 44.7 Å². The number of rotatable bonds is 4. The van der Waals surface area contributed by atoms with E-state index in [0.717, 1.165) is 11.8 Å². The van der Waals surface area contributed by atoms with Crippen molar-refractivity contribution in [2.45, 2.75) is 16.2 Å². The molecular formula is C17H19ClN2S. The van der Waals surface area contributed by atoms with Gasteiger partial charge in [0.1, 0.15) is 0 Å². The van der Waals surface area contributed by atoms with Crippen molar-refractivity contribution in [1.82, 2.24) is 4.90 Å². The highest BCUT2D eigenvalue weighted by atomic mass is 35.5. The number of para-hydroxylation sites is 1. The van der Waals surface area contributed by atoms with Gasteiger partial charge in [-0.3, -0.25) is 0 Å². The molecule has 0 radical (unpaired) electrons. The third-order valence-electron chi connectivity index (χ3n) is 2.87. The minimum absolute atomic E-state index is 0.0134. The minimum Gasteiger partial charge on any atom is -0.340 e. The van der Waals surface area contributed by atoms with Crippen LogP contribution in [-0.4, -0.2) is 31.9 Å². The van der Waals surface area contributed by atoms with E-state index in [-0.39, 0.29) is 57.3 Å². The summed E-state index contributed by atoms with van der Waals surface area (Å²) < 4.78 is 103. The van der Waals surface area contributed by atoms with Gasteiger partial charge in [-0.25, -0.2) is 0 Å². The molecule has 2 aromatic rings. The summed E-state index contributed by atoms with van der Waals surface area (Å²) >= 11 is 6.94. The molecule has 2 nitrogen and oxygen atoms in total. The number of fused-ring (bicyclic) bond motifs is 2. The lowest BCUT2D eigenvalue weighted by Gasteiger charge is -2.33. The Hall–Kier alpha value is -1.16. The highest BCUT2D eigenvalue weighted by Gasteiger charge is 2.22. The summed E-state index contributed by atoms with van der Waals surface area (Å²) in [5.74, 6) is 0. The highest BCUT2D eigenvalue weighted by Crippen LogP contribution is 2.48. The van der Waals surface area contributed by atoms with Crippen molar-refractivity contribution < 1.29 is 17.8 Å². The first-order chi connectivity index (χ1) is 15.5. The fourth-order valence-corrected chi connectivity index (χ4v) is 3.07. The monoisotopic (exact) mass is 331 g/mol. The molecule has 0 saturated heterocycles. The first kappa shape index (κ1) is 5.80. The van der Waals surface area contributed by atoms with Crippen molar-refractivity contribution >= 4 is 34.7 Å². The van der Waals surface area contributed by atoms with Crippen LogP contribution < -0.4 is 4.90 Å². The Balaban J connectivity index is 2.16. The molecule has 21 heavy (non-hydrogen) atoms. The third-order valence-corrected chi connectivity index (χ3v) is 4.06. The second kappa shape index (κ2) is 6.30. The molecule has 2 aromatic carbocycles. The molecule has 0 atom stereocenters. The average Bonchev–Trinajstić information content (AvgIpc) is 2.73. The van der Waals surface area contributed by atoms with E-state index in [4.69, 9.17) is 29.4 Å². The van der Waals surface area contributed by atoms with Crippen molar-refractivity contribution in [3.8, 4) is 0 Å². The first-order valence-electron chi connectivity index (χ1n) is 12.6. The summed E-state index contributed by atoms with van der Waals surface area (Å²) in [6, 6.07) is -2.84. The molecule has 0 unspecified atom stereocenters. The van der Waals surface area contributed by atoms with Gasteiger partial charge in [-0.2, -0.15) is 0 Å². The van der Waals surface area contributed by atoms with Crippen molar-refractivity contribution in [1.29, 1.82) is 0 Å². The molecular weight excluding hydrogens is 300 g/mol. The molecule has 0 fully saturated rings. The van der Waals surface area contributed by atoms with Gasteiger partial charge in [-0.15, -0.1) is 0 Å². The number of benzene rings is 2. The molecule has 0 saturated carbocycles. The molecule has 1 heterocycles. The third kappa shape index (κ3) is 3.20. The van der Waals surface area contributed by atoms with E-state index in [1.54, 1.807) is 0 Å². The second-order valence-electron chi connectivity index (χ2n) is 4.30. The lowest BCUT2D eigenvalue weighted by molar-refractivity contribution is 0.402. The van der Waals surface area contributed by atoms with Crippen molar-refractivity contribution in [2.75, 3.05) is 31.9 Å². The van der Waals surface area contributed by atoms with Crippen molar-refractivity contribution in [2.24, 2.45) is 0 Å². The maximum atomic E-state index is 8.45. The van der Waals surface area contributed by atoms with Gasteiger partial charge in [0.05, 0.1) is 21.0 Å². The molecule has 0 amide bonds. The van der Waals surface area contributed by atoms with Crippen molar-refractivity contribution in [3.05, 3.63) is 47.3 Å². The topological polar surface area (TPSA) is 6.48 Å². The van der Waals surface area contributed by atoms with Gasteiger partial charge in [-0.05, 0) is 57.1 Å². The average molecular weight is 332 g/mol. The molecule has 0 N–H and O–H groups in total. The van der Waals surface area contributed by atoms with E-state index in [9.17, 15) is 0 Å². The van der Waals surface area contributed by atoms with Crippen LogP contribution in [0.2, 0.25) is 5.02 Å². The lowest BCUT2D eigenvalue weighted by Crippen LogP contribution is -2.25. The summed E-state index contributed by atoms with van der Waals surface area (Å²) in [4.78, 5) is 1.89. The van der Waals surface area contributed by atoms with Gasteiger partial charge < -0.3 is 9.80 Å². The molecule has 1 aliphatic rings. The van der Waals surface area contributed by atoms with Crippen LogP contribution in [0.25, 0.3) is 0 Å². The number of hydrogen-bond donors (Lipinski definition) is 0. The second-order valence-corrected chi connectivity index (χ2v) is 5.70. The summed E-state index contributed by atoms with van der Waals surface area (Å²) in [5.41, 5.74) is 0.0577. The predicted octanol–water partition coefficient (Wildman–Crippen LogP) is 4.89. The van der Waals surface area contributed by atoms with Crippen LogP contribution in [0.15, 0.2) is 52.1 Å². The summed E-state index contributed by atoms with van der Waals surface area (Å²) in [7, 11) is 0. The van der Waals surface area contributed by atoms with E-state index in [2.05, 4.69) is 0 Å². The summed E-state index contributed by atoms with van der Waals surface area (Å²) in [6.07, 6.45) is -0.0733. The Labute approximate surface area is 154 Å². The van der Waals surface area contributed by atoms with Crippen LogP contribution in [0.5, 0.6) is 0 Å². The largest absolute Gasteiger partial charge is 0.340 e. The van der Waals surface area contributed by atoms with Gasteiger partial charge in [0.2, 0.25) is 0 Å². The van der Waals surface area contributed by atoms with Crippen molar-refractivity contribution in [3.63, 3.8) is 0 Å². The van der Waals surface area contributed by atoms with Gasteiger partial charge in [0.25, 0.3) is 0 Å². The van der Waals surface area contributed by atoms with Crippen LogP contribution in [0, 0.1) is 0 Å². The summed E-state index contributed by atoms with van der Waals surface area (Å²) in [6.45, 7) is -6.34. The Morgan fingerprint density at radius 3 is 2.86 bits per heavy atom. The lowest BCUT2D eigenvalue weighted by atomic mass is 10.2. The molecule has 3 rings (SSSR count). The number of halogens is 1. The normalized spacial score (nSPS) is 23.3. The van der Waals surface area contributed by atoms with Gasteiger partial charge >= 0.3 is 0 Å². The quantitative estimate of drug-likeness (QED) is 0.787. The number of hydrogen-bond acceptors (Lipinski definition) is 3. The zero-order valence-corrected chi connectivity index (χ0v) is 12.4. The summed E-state index contributed by atoms with van der Waals surface area (Å²) in [5, 5.41) is -0.315. The number of nitrogens with zero attached hydrogens (tertiary/aromatic N) is 2. The van der Waals surface area contributed by atoms with Crippen LogP contribution in [-0.2, 0) is 0 Å². The van der Waals surface area contributed by atoms with E-state index in [0.29, 0.717) is 4.90 Å². The smallest absolute Gasteiger partial charge is 0.0661 e. The number of anilines is 2. The molecule has 0 bridgehead atoms. The van der Waals surface area contributed by atoms with Gasteiger partial charge in [0.15, 0.2) is 0 Å². The molecule has 1 aliphatic heterocycles.